The molecule has 2 fully saturated rings. The molecule has 0 aromatic heterocycles. The third-order valence-corrected chi connectivity index (χ3v) is 4.12. The van der Waals surface area contributed by atoms with E-state index < -0.39 is 0 Å². The smallest absolute Gasteiger partial charge is 0.234 e. The van der Waals surface area contributed by atoms with Crippen molar-refractivity contribution in [2.75, 3.05) is 52.5 Å². The highest BCUT2D eigenvalue weighted by Gasteiger charge is 2.30. The molecule has 0 aromatic rings. The van der Waals surface area contributed by atoms with Crippen LogP contribution in [0.3, 0.4) is 0 Å². The van der Waals surface area contributed by atoms with Crippen molar-refractivity contribution in [2.24, 2.45) is 5.92 Å². The molecule has 0 saturated carbocycles. The monoisotopic (exact) mass is 297 g/mol. The lowest BCUT2D eigenvalue weighted by Crippen LogP contribution is -2.50. The van der Waals surface area contributed by atoms with Crippen LogP contribution in [-0.2, 0) is 14.3 Å². The SMILES string of the molecule is CCCNC(=O)CN1CCCC(C(=O)N2CCOCC2)C1. The van der Waals surface area contributed by atoms with Gasteiger partial charge in [-0.05, 0) is 25.8 Å². The normalized spacial score (nSPS) is 23.9. The van der Waals surface area contributed by atoms with Gasteiger partial charge in [-0.2, -0.15) is 0 Å². The molecule has 21 heavy (non-hydrogen) atoms. The van der Waals surface area contributed by atoms with Gasteiger partial charge in [0, 0.05) is 26.2 Å². The van der Waals surface area contributed by atoms with E-state index in [1.807, 2.05) is 11.8 Å². The van der Waals surface area contributed by atoms with Gasteiger partial charge in [0.15, 0.2) is 0 Å². The first kappa shape index (κ1) is 16.2. The topological polar surface area (TPSA) is 61.9 Å². The second-order valence-electron chi connectivity index (χ2n) is 5.86. The predicted octanol–water partition coefficient (Wildman–Crippen LogP) is 0.0834. The highest BCUT2D eigenvalue weighted by atomic mass is 16.5. The largest absolute Gasteiger partial charge is 0.378 e. The van der Waals surface area contributed by atoms with Gasteiger partial charge >= 0.3 is 0 Å². The Labute approximate surface area is 126 Å². The van der Waals surface area contributed by atoms with Crippen molar-refractivity contribution in [2.45, 2.75) is 26.2 Å². The highest BCUT2D eigenvalue weighted by Crippen LogP contribution is 2.19. The maximum Gasteiger partial charge on any atom is 0.234 e. The minimum absolute atomic E-state index is 0.0378. The Morgan fingerprint density at radius 2 is 2.00 bits per heavy atom. The van der Waals surface area contributed by atoms with Gasteiger partial charge in [-0.1, -0.05) is 6.92 Å². The van der Waals surface area contributed by atoms with Crippen molar-refractivity contribution >= 4 is 11.8 Å². The molecule has 2 saturated heterocycles. The molecular formula is C15H27N3O3. The molecule has 2 heterocycles. The van der Waals surface area contributed by atoms with Gasteiger partial charge in [0.25, 0.3) is 0 Å². The first-order chi connectivity index (χ1) is 10.2. The molecule has 2 rings (SSSR count). The van der Waals surface area contributed by atoms with Gasteiger partial charge < -0.3 is 15.0 Å². The van der Waals surface area contributed by atoms with Gasteiger partial charge in [0.05, 0.1) is 25.7 Å². The van der Waals surface area contributed by atoms with E-state index in [0.29, 0.717) is 39.4 Å². The summed E-state index contributed by atoms with van der Waals surface area (Å²) in [5.74, 6) is 0.337. The lowest BCUT2D eigenvalue weighted by molar-refractivity contribution is -0.142. The summed E-state index contributed by atoms with van der Waals surface area (Å²) in [5.41, 5.74) is 0. The Bertz CT molecular complexity index is 356. The number of nitrogens with one attached hydrogen (secondary N) is 1. The summed E-state index contributed by atoms with van der Waals surface area (Å²) in [6.07, 6.45) is 2.87. The molecule has 0 radical (unpaired) electrons. The van der Waals surface area contributed by atoms with Gasteiger partial charge in [0.1, 0.15) is 0 Å². The van der Waals surface area contributed by atoms with Gasteiger partial charge in [-0.15, -0.1) is 0 Å². The van der Waals surface area contributed by atoms with Crippen molar-refractivity contribution in [3.05, 3.63) is 0 Å². The number of likely N-dealkylation sites (tertiary alicyclic amines) is 1. The molecule has 1 atom stereocenters. The lowest BCUT2D eigenvalue weighted by atomic mass is 9.96. The van der Waals surface area contributed by atoms with Crippen molar-refractivity contribution in [1.29, 1.82) is 0 Å². The number of piperidine rings is 1. The first-order valence-electron chi connectivity index (χ1n) is 8.06. The van der Waals surface area contributed by atoms with E-state index in [0.717, 1.165) is 32.4 Å². The van der Waals surface area contributed by atoms with E-state index >= 15 is 0 Å². The fourth-order valence-electron chi connectivity index (χ4n) is 2.97. The summed E-state index contributed by atoms with van der Waals surface area (Å²) in [6, 6.07) is 0. The van der Waals surface area contributed by atoms with Crippen LogP contribution in [0.5, 0.6) is 0 Å². The van der Waals surface area contributed by atoms with Crippen molar-refractivity contribution in [1.82, 2.24) is 15.1 Å². The fraction of sp³-hybridized carbons (Fsp3) is 0.867. The molecule has 2 aliphatic rings. The third kappa shape index (κ3) is 4.97. The number of carbonyl (C=O) groups is 2. The van der Waals surface area contributed by atoms with Crippen LogP contribution in [0.4, 0.5) is 0 Å². The number of carbonyl (C=O) groups excluding carboxylic acids is 2. The summed E-state index contributed by atoms with van der Waals surface area (Å²) in [6.45, 7) is 7.47. The summed E-state index contributed by atoms with van der Waals surface area (Å²) < 4.78 is 5.29. The summed E-state index contributed by atoms with van der Waals surface area (Å²) in [4.78, 5) is 28.3. The minimum atomic E-state index is 0.0378. The number of hydrogen-bond acceptors (Lipinski definition) is 4. The number of morpholine rings is 1. The van der Waals surface area contributed by atoms with Crippen LogP contribution in [-0.4, -0.2) is 74.1 Å². The Balaban J connectivity index is 1.79. The average molecular weight is 297 g/mol. The molecule has 1 N–H and O–H groups in total. The molecule has 1 unspecified atom stereocenters. The van der Waals surface area contributed by atoms with Crippen LogP contribution in [0, 0.1) is 5.92 Å². The molecule has 120 valence electrons. The zero-order chi connectivity index (χ0) is 15.1. The second kappa shape index (κ2) is 8.34. The van der Waals surface area contributed by atoms with Crippen molar-refractivity contribution in [3.8, 4) is 0 Å². The maximum absolute atomic E-state index is 12.5. The molecule has 0 aliphatic carbocycles. The summed E-state index contributed by atoms with van der Waals surface area (Å²) >= 11 is 0. The van der Waals surface area contributed by atoms with E-state index in [1.54, 1.807) is 0 Å². The van der Waals surface area contributed by atoms with Crippen LogP contribution in [0.2, 0.25) is 0 Å². The Morgan fingerprint density at radius 3 is 2.71 bits per heavy atom. The van der Waals surface area contributed by atoms with Crippen molar-refractivity contribution < 1.29 is 14.3 Å². The first-order valence-corrected chi connectivity index (χ1v) is 8.06. The van der Waals surface area contributed by atoms with Gasteiger partial charge in [0.2, 0.25) is 11.8 Å². The number of hydrogen-bond donors (Lipinski definition) is 1. The molecule has 6 heteroatoms. The second-order valence-corrected chi connectivity index (χ2v) is 5.86. The van der Waals surface area contributed by atoms with E-state index in [2.05, 4.69) is 10.2 Å². The number of amides is 2. The quantitative estimate of drug-likeness (QED) is 0.781. The molecule has 0 aromatic carbocycles. The van der Waals surface area contributed by atoms with Crippen LogP contribution < -0.4 is 5.32 Å². The van der Waals surface area contributed by atoms with E-state index in [9.17, 15) is 9.59 Å². The van der Waals surface area contributed by atoms with E-state index in [1.165, 1.54) is 0 Å². The molecule has 2 amide bonds. The molecule has 2 aliphatic heterocycles. The van der Waals surface area contributed by atoms with Crippen molar-refractivity contribution in [3.63, 3.8) is 0 Å². The van der Waals surface area contributed by atoms with Gasteiger partial charge in [-0.3, -0.25) is 14.5 Å². The standard InChI is InChI=1S/C15H27N3O3/c1-2-5-16-14(19)12-17-6-3-4-13(11-17)15(20)18-7-9-21-10-8-18/h13H,2-12H2,1H3,(H,16,19). The number of ether oxygens (including phenoxy) is 1. The number of rotatable bonds is 5. The Hall–Kier alpha value is -1.14. The zero-order valence-electron chi connectivity index (χ0n) is 13.0. The fourth-order valence-corrected chi connectivity index (χ4v) is 2.97. The van der Waals surface area contributed by atoms with Crippen LogP contribution in [0.25, 0.3) is 0 Å². The molecule has 0 spiro atoms. The van der Waals surface area contributed by atoms with Crippen LogP contribution in [0.15, 0.2) is 0 Å². The Morgan fingerprint density at radius 1 is 1.24 bits per heavy atom. The summed E-state index contributed by atoms with van der Waals surface area (Å²) in [7, 11) is 0. The zero-order valence-corrected chi connectivity index (χ0v) is 13.0. The van der Waals surface area contributed by atoms with Gasteiger partial charge in [-0.25, -0.2) is 0 Å². The lowest BCUT2D eigenvalue weighted by Gasteiger charge is -2.35. The Kier molecular flexibility index (Phi) is 6.45. The predicted molar refractivity (Wildman–Crippen MR) is 79.9 cm³/mol. The molecule has 6 nitrogen and oxygen atoms in total. The van der Waals surface area contributed by atoms with Crippen LogP contribution in [0.1, 0.15) is 26.2 Å². The average Bonchev–Trinajstić information content (AvgIpc) is 2.53. The maximum atomic E-state index is 12.5. The summed E-state index contributed by atoms with van der Waals surface area (Å²) in [5, 5.41) is 2.89. The minimum Gasteiger partial charge on any atom is -0.378 e. The van der Waals surface area contributed by atoms with E-state index in [4.69, 9.17) is 4.74 Å². The third-order valence-electron chi connectivity index (χ3n) is 4.12. The highest BCUT2D eigenvalue weighted by molar-refractivity contribution is 5.80. The molecular weight excluding hydrogens is 270 g/mol. The number of nitrogens with zero attached hydrogens (tertiary/aromatic N) is 2. The molecule has 0 bridgehead atoms. The van der Waals surface area contributed by atoms with Crippen LogP contribution >= 0.6 is 0 Å². The van der Waals surface area contributed by atoms with E-state index in [-0.39, 0.29) is 17.7 Å².